The first kappa shape index (κ1) is 15.7. The average Bonchev–Trinajstić information content (AvgIpc) is 2.44. The van der Waals surface area contributed by atoms with Gasteiger partial charge in [-0.2, -0.15) is 5.26 Å². The number of hydrogen-bond donors (Lipinski definition) is 2. The third-order valence-electron chi connectivity index (χ3n) is 2.61. The largest absolute Gasteiger partial charge is 0.508 e. The summed E-state index contributed by atoms with van der Waals surface area (Å²) in [6, 6.07) is 8.24. The molecule has 5 nitrogen and oxygen atoms in total. The lowest BCUT2D eigenvalue weighted by molar-refractivity contribution is -0.117. The monoisotopic (exact) mass is 274 g/mol. The van der Waals surface area contributed by atoms with Crippen molar-refractivity contribution in [2.24, 2.45) is 0 Å². The van der Waals surface area contributed by atoms with Crippen molar-refractivity contribution in [3.8, 4) is 11.8 Å². The van der Waals surface area contributed by atoms with Gasteiger partial charge in [0.2, 0.25) is 0 Å². The van der Waals surface area contributed by atoms with Gasteiger partial charge in [-0.05, 0) is 36.6 Å². The van der Waals surface area contributed by atoms with Crippen LogP contribution in [-0.4, -0.2) is 31.3 Å². The lowest BCUT2D eigenvalue weighted by atomic mass is 10.1. The highest BCUT2D eigenvalue weighted by atomic mass is 16.5. The van der Waals surface area contributed by atoms with Gasteiger partial charge in [-0.15, -0.1) is 0 Å². The van der Waals surface area contributed by atoms with Gasteiger partial charge in [0.15, 0.2) is 0 Å². The summed E-state index contributed by atoms with van der Waals surface area (Å²) in [5, 5.41) is 21.0. The van der Waals surface area contributed by atoms with E-state index in [0.717, 1.165) is 12.8 Å². The third kappa shape index (κ3) is 5.55. The van der Waals surface area contributed by atoms with Gasteiger partial charge in [-0.25, -0.2) is 0 Å². The van der Waals surface area contributed by atoms with Crippen LogP contribution in [0.15, 0.2) is 29.8 Å². The molecule has 5 heteroatoms. The molecule has 106 valence electrons. The summed E-state index contributed by atoms with van der Waals surface area (Å²) < 4.78 is 4.91. The normalized spacial score (nSPS) is 10.9. The van der Waals surface area contributed by atoms with Crippen LogP contribution in [0, 0.1) is 11.3 Å². The van der Waals surface area contributed by atoms with Crippen molar-refractivity contribution in [2.45, 2.75) is 12.8 Å². The van der Waals surface area contributed by atoms with E-state index in [2.05, 4.69) is 5.32 Å². The highest BCUT2D eigenvalue weighted by Gasteiger charge is 2.08. The summed E-state index contributed by atoms with van der Waals surface area (Å²) in [5.41, 5.74) is 0.624. The van der Waals surface area contributed by atoms with Crippen LogP contribution < -0.4 is 5.32 Å². The van der Waals surface area contributed by atoms with E-state index >= 15 is 0 Å². The second-order valence-corrected chi connectivity index (χ2v) is 4.22. The fourth-order valence-electron chi connectivity index (χ4n) is 1.60. The maximum absolute atomic E-state index is 11.8. The van der Waals surface area contributed by atoms with E-state index < -0.39 is 5.91 Å². The van der Waals surface area contributed by atoms with Crippen LogP contribution in [0.5, 0.6) is 5.75 Å². The average molecular weight is 274 g/mol. The van der Waals surface area contributed by atoms with E-state index in [1.807, 2.05) is 6.07 Å². The molecule has 1 amide bonds. The first-order valence-corrected chi connectivity index (χ1v) is 6.35. The van der Waals surface area contributed by atoms with Crippen molar-refractivity contribution in [1.29, 1.82) is 5.26 Å². The molecule has 1 aromatic rings. The number of carbonyl (C=O) groups is 1. The van der Waals surface area contributed by atoms with Gasteiger partial charge in [-0.1, -0.05) is 12.1 Å². The highest BCUT2D eigenvalue weighted by Crippen LogP contribution is 2.14. The van der Waals surface area contributed by atoms with Crippen molar-refractivity contribution < 1.29 is 14.6 Å². The maximum Gasteiger partial charge on any atom is 0.261 e. The number of nitrogens with one attached hydrogen (secondary N) is 1. The summed E-state index contributed by atoms with van der Waals surface area (Å²) in [5.74, 6) is -0.315. The quantitative estimate of drug-likeness (QED) is 0.451. The summed E-state index contributed by atoms with van der Waals surface area (Å²) in [7, 11) is 1.63. The molecule has 0 aliphatic rings. The zero-order valence-electron chi connectivity index (χ0n) is 11.4. The molecule has 1 aromatic carbocycles. The number of nitriles is 1. The Balaban J connectivity index is 2.57. The van der Waals surface area contributed by atoms with E-state index in [1.54, 1.807) is 19.2 Å². The molecular weight excluding hydrogens is 256 g/mol. The van der Waals surface area contributed by atoms with Gasteiger partial charge in [-0.3, -0.25) is 4.79 Å². The minimum atomic E-state index is -0.409. The SMILES string of the molecule is COCCCCNC(=O)/C(C#N)=C/c1cccc(O)c1. The van der Waals surface area contributed by atoms with E-state index in [-0.39, 0.29) is 11.3 Å². The lowest BCUT2D eigenvalue weighted by Crippen LogP contribution is -2.25. The fraction of sp³-hybridized carbons (Fsp3) is 0.333. The predicted octanol–water partition coefficient (Wildman–Crippen LogP) is 1.84. The number of nitrogens with zero attached hydrogens (tertiary/aromatic N) is 1. The molecule has 0 atom stereocenters. The summed E-state index contributed by atoms with van der Waals surface area (Å²) in [6.45, 7) is 1.15. The Morgan fingerprint density at radius 3 is 2.95 bits per heavy atom. The molecule has 0 fully saturated rings. The van der Waals surface area contributed by atoms with E-state index in [4.69, 9.17) is 10.00 Å². The molecule has 0 radical (unpaired) electrons. The molecule has 0 saturated heterocycles. The molecule has 0 aromatic heterocycles. The zero-order valence-corrected chi connectivity index (χ0v) is 11.4. The van der Waals surface area contributed by atoms with Crippen LogP contribution >= 0.6 is 0 Å². The molecule has 1 rings (SSSR count). The molecule has 0 saturated carbocycles. The number of rotatable bonds is 7. The van der Waals surface area contributed by atoms with E-state index in [0.29, 0.717) is 18.7 Å². The molecule has 0 unspecified atom stereocenters. The number of unbranched alkanes of at least 4 members (excludes halogenated alkanes) is 1. The molecular formula is C15H18N2O3. The maximum atomic E-state index is 11.8. The van der Waals surface area contributed by atoms with E-state index in [1.165, 1.54) is 18.2 Å². The summed E-state index contributed by atoms with van der Waals surface area (Å²) >= 11 is 0. The minimum Gasteiger partial charge on any atom is -0.508 e. The number of phenolic OH excluding ortho intramolecular Hbond substituents is 1. The Kier molecular flexibility index (Phi) is 6.87. The Morgan fingerprint density at radius 2 is 2.30 bits per heavy atom. The molecule has 0 bridgehead atoms. The summed E-state index contributed by atoms with van der Waals surface area (Å²) in [6.07, 6.45) is 3.10. The van der Waals surface area contributed by atoms with Crippen LogP contribution in [0.25, 0.3) is 6.08 Å². The number of ether oxygens (including phenoxy) is 1. The molecule has 0 aliphatic carbocycles. The van der Waals surface area contributed by atoms with Crippen LogP contribution in [-0.2, 0) is 9.53 Å². The van der Waals surface area contributed by atoms with Crippen molar-refractivity contribution in [1.82, 2.24) is 5.32 Å². The van der Waals surface area contributed by atoms with Crippen molar-refractivity contribution in [3.05, 3.63) is 35.4 Å². The van der Waals surface area contributed by atoms with Gasteiger partial charge in [0.25, 0.3) is 5.91 Å². The van der Waals surface area contributed by atoms with Crippen LogP contribution in [0.4, 0.5) is 0 Å². The summed E-state index contributed by atoms with van der Waals surface area (Å²) in [4.78, 5) is 11.8. The molecule has 0 aliphatic heterocycles. The number of benzene rings is 1. The number of hydrogen-bond acceptors (Lipinski definition) is 4. The molecule has 20 heavy (non-hydrogen) atoms. The smallest absolute Gasteiger partial charge is 0.261 e. The van der Waals surface area contributed by atoms with Crippen molar-refractivity contribution >= 4 is 12.0 Å². The van der Waals surface area contributed by atoms with Crippen LogP contribution in [0.3, 0.4) is 0 Å². The Hall–Kier alpha value is -2.32. The van der Waals surface area contributed by atoms with Gasteiger partial charge in [0, 0.05) is 20.3 Å². The standard InChI is InChI=1S/C15H18N2O3/c1-20-8-3-2-7-17-15(19)13(11-16)9-12-5-4-6-14(18)10-12/h4-6,9-10,18H,2-3,7-8H2,1H3,(H,17,19)/b13-9+. The zero-order chi connectivity index (χ0) is 14.8. The van der Waals surface area contributed by atoms with E-state index in [9.17, 15) is 9.90 Å². The van der Waals surface area contributed by atoms with Gasteiger partial charge >= 0.3 is 0 Å². The first-order chi connectivity index (χ1) is 9.67. The first-order valence-electron chi connectivity index (χ1n) is 6.35. The van der Waals surface area contributed by atoms with Crippen molar-refractivity contribution in [3.63, 3.8) is 0 Å². The van der Waals surface area contributed by atoms with Crippen LogP contribution in [0.2, 0.25) is 0 Å². The highest BCUT2D eigenvalue weighted by molar-refractivity contribution is 6.01. The minimum absolute atomic E-state index is 0.0161. The van der Waals surface area contributed by atoms with Crippen molar-refractivity contribution in [2.75, 3.05) is 20.3 Å². The number of methoxy groups -OCH3 is 1. The number of aromatic hydroxyl groups is 1. The third-order valence-corrected chi connectivity index (χ3v) is 2.61. The van der Waals surface area contributed by atoms with Gasteiger partial charge in [0.05, 0.1) is 0 Å². The predicted molar refractivity (Wildman–Crippen MR) is 75.8 cm³/mol. The topological polar surface area (TPSA) is 82.3 Å². The Morgan fingerprint density at radius 1 is 1.50 bits per heavy atom. The number of carbonyl (C=O) groups excluding carboxylic acids is 1. The fourth-order valence-corrected chi connectivity index (χ4v) is 1.60. The molecule has 0 heterocycles. The molecule has 2 N–H and O–H groups in total. The second-order valence-electron chi connectivity index (χ2n) is 4.22. The van der Waals surface area contributed by atoms with Gasteiger partial charge in [0.1, 0.15) is 17.4 Å². The van der Waals surface area contributed by atoms with Crippen LogP contribution in [0.1, 0.15) is 18.4 Å². The lowest BCUT2D eigenvalue weighted by Gasteiger charge is -2.04. The Labute approximate surface area is 118 Å². The Bertz CT molecular complexity index is 518. The number of amides is 1. The molecule has 0 spiro atoms. The second kappa shape index (κ2) is 8.73. The van der Waals surface area contributed by atoms with Gasteiger partial charge < -0.3 is 15.2 Å². The number of phenols is 1.